The Labute approximate surface area is 123 Å². The zero-order chi connectivity index (χ0) is 13.9. The number of hydrogen-bond donors (Lipinski definition) is 2. The summed E-state index contributed by atoms with van der Waals surface area (Å²) in [4.78, 5) is 0. The summed E-state index contributed by atoms with van der Waals surface area (Å²) < 4.78 is 0. The molecule has 0 amide bonds. The van der Waals surface area contributed by atoms with Gasteiger partial charge < -0.3 is 10.6 Å². The van der Waals surface area contributed by atoms with E-state index in [2.05, 4.69) is 34.9 Å². The molecule has 1 aliphatic heterocycles. The lowest BCUT2D eigenvalue weighted by molar-refractivity contribution is 0.764. The number of anilines is 1. The highest BCUT2D eigenvalue weighted by atomic mass is 35.5. The number of fused-ring (bicyclic) bond motifs is 1. The van der Waals surface area contributed by atoms with E-state index in [9.17, 15) is 0 Å². The van der Waals surface area contributed by atoms with Gasteiger partial charge in [0.05, 0.1) is 10.6 Å². The first-order chi connectivity index (χ1) is 9.76. The summed E-state index contributed by atoms with van der Waals surface area (Å²) in [6, 6.07) is 14.0. The molecular weight excluding hydrogens is 270 g/mol. The maximum atomic E-state index is 8.85. The molecule has 3 rings (SSSR count). The fourth-order valence-corrected chi connectivity index (χ4v) is 2.60. The van der Waals surface area contributed by atoms with Crippen LogP contribution in [-0.4, -0.2) is 0 Å². The third kappa shape index (κ3) is 2.62. The fraction of sp³-hybridized carbons (Fsp3) is 0.188. The fourth-order valence-electron chi connectivity index (χ4n) is 2.38. The van der Waals surface area contributed by atoms with Gasteiger partial charge >= 0.3 is 0 Å². The van der Waals surface area contributed by atoms with Gasteiger partial charge in [0.15, 0.2) is 0 Å². The molecule has 2 N–H and O–H groups in total. The van der Waals surface area contributed by atoms with Crippen molar-refractivity contribution >= 4 is 17.3 Å². The van der Waals surface area contributed by atoms with Gasteiger partial charge in [0, 0.05) is 25.3 Å². The van der Waals surface area contributed by atoms with Crippen LogP contribution in [0.15, 0.2) is 36.4 Å². The van der Waals surface area contributed by atoms with Gasteiger partial charge in [0.2, 0.25) is 0 Å². The standard InChI is InChI=1S/C16H14ClN3/c17-16-6-15(4-3-12(16)7-18)20-8-11-1-2-13-9-19-10-14(13)5-11/h1-6,19-20H,8-10H2. The average molecular weight is 284 g/mol. The second-order valence-electron chi connectivity index (χ2n) is 4.87. The topological polar surface area (TPSA) is 47.9 Å². The van der Waals surface area contributed by atoms with Crippen molar-refractivity contribution in [2.75, 3.05) is 5.32 Å². The summed E-state index contributed by atoms with van der Waals surface area (Å²) in [5.41, 5.74) is 5.43. The SMILES string of the molecule is N#Cc1ccc(NCc2ccc3c(c2)CNC3)cc1Cl. The van der Waals surface area contributed by atoms with E-state index < -0.39 is 0 Å². The number of hydrogen-bond acceptors (Lipinski definition) is 3. The predicted octanol–water partition coefficient (Wildman–Crippen LogP) is 3.43. The van der Waals surface area contributed by atoms with E-state index in [1.165, 1.54) is 16.7 Å². The number of nitriles is 1. The van der Waals surface area contributed by atoms with Crippen molar-refractivity contribution in [3.8, 4) is 6.07 Å². The number of nitrogens with zero attached hydrogens (tertiary/aromatic N) is 1. The molecule has 3 nitrogen and oxygen atoms in total. The quantitative estimate of drug-likeness (QED) is 0.907. The third-order valence-corrected chi connectivity index (χ3v) is 3.80. The zero-order valence-corrected chi connectivity index (χ0v) is 11.7. The minimum atomic E-state index is 0.482. The van der Waals surface area contributed by atoms with Crippen molar-refractivity contribution in [1.82, 2.24) is 5.32 Å². The zero-order valence-electron chi connectivity index (χ0n) is 10.9. The van der Waals surface area contributed by atoms with E-state index in [0.717, 1.165) is 25.3 Å². The van der Waals surface area contributed by atoms with Gasteiger partial charge in [-0.1, -0.05) is 29.8 Å². The van der Waals surface area contributed by atoms with Crippen LogP contribution in [0.3, 0.4) is 0 Å². The molecule has 100 valence electrons. The number of nitrogens with one attached hydrogen (secondary N) is 2. The van der Waals surface area contributed by atoms with Crippen molar-refractivity contribution in [3.05, 3.63) is 63.7 Å². The molecule has 1 heterocycles. The lowest BCUT2D eigenvalue weighted by Crippen LogP contribution is -2.01. The lowest BCUT2D eigenvalue weighted by Gasteiger charge is -2.09. The third-order valence-electron chi connectivity index (χ3n) is 3.49. The molecular formula is C16H14ClN3. The van der Waals surface area contributed by atoms with E-state index in [0.29, 0.717) is 10.6 Å². The van der Waals surface area contributed by atoms with Crippen LogP contribution in [-0.2, 0) is 19.6 Å². The summed E-state index contributed by atoms with van der Waals surface area (Å²) in [6.45, 7) is 2.66. The lowest BCUT2D eigenvalue weighted by atomic mass is 10.1. The highest BCUT2D eigenvalue weighted by molar-refractivity contribution is 6.32. The van der Waals surface area contributed by atoms with Crippen molar-refractivity contribution < 1.29 is 0 Å². The van der Waals surface area contributed by atoms with Gasteiger partial charge in [-0.2, -0.15) is 5.26 Å². The predicted molar refractivity (Wildman–Crippen MR) is 80.5 cm³/mol. The number of halogens is 1. The van der Waals surface area contributed by atoms with Crippen LogP contribution < -0.4 is 10.6 Å². The molecule has 20 heavy (non-hydrogen) atoms. The largest absolute Gasteiger partial charge is 0.381 e. The van der Waals surface area contributed by atoms with E-state index in [1.807, 2.05) is 6.07 Å². The van der Waals surface area contributed by atoms with E-state index in [4.69, 9.17) is 16.9 Å². The van der Waals surface area contributed by atoms with Gasteiger partial charge in [-0.25, -0.2) is 0 Å². The van der Waals surface area contributed by atoms with Crippen LogP contribution in [0.1, 0.15) is 22.3 Å². The van der Waals surface area contributed by atoms with E-state index in [1.54, 1.807) is 12.1 Å². The minimum Gasteiger partial charge on any atom is -0.381 e. The van der Waals surface area contributed by atoms with Gasteiger partial charge in [-0.05, 0) is 34.9 Å². The van der Waals surface area contributed by atoms with E-state index >= 15 is 0 Å². The van der Waals surface area contributed by atoms with Crippen molar-refractivity contribution in [2.45, 2.75) is 19.6 Å². The highest BCUT2D eigenvalue weighted by Crippen LogP contribution is 2.22. The number of rotatable bonds is 3. The molecule has 0 spiro atoms. The molecule has 0 atom stereocenters. The molecule has 0 saturated heterocycles. The van der Waals surface area contributed by atoms with Crippen LogP contribution in [0.25, 0.3) is 0 Å². The summed E-state index contributed by atoms with van der Waals surface area (Å²) in [6.07, 6.45) is 0. The van der Waals surface area contributed by atoms with Gasteiger partial charge in [0.25, 0.3) is 0 Å². The molecule has 0 aliphatic carbocycles. The van der Waals surface area contributed by atoms with Gasteiger partial charge in [0.1, 0.15) is 6.07 Å². The first kappa shape index (κ1) is 13.0. The van der Waals surface area contributed by atoms with E-state index in [-0.39, 0.29) is 0 Å². The first-order valence-corrected chi connectivity index (χ1v) is 6.89. The van der Waals surface area contributed by atoms with Crippen LogP contribution in [0.4, 0.5) is 5.69 Å². The Morgan fingerprint density at radius 3 is 2.80 bits per heavy atom. The summed E-state index contributed by atoms with van der Waals surface area (Å²) in [5.74, 6) is 0. The van der Waals surface area contributed by atoms with Crippen molar-refractivity contribution in [1.29, 1.82) is 5.26 Å². The molecule has 2 aromatic rings. The Bertz CT molecular complexity index is 678. The van der Waals surface area contributed by atoms with Crippen molar-refractivity contribution in [3.63, 3.8) is 0 Å². The Morgan fingerprint density at radius 2 is 2.00 bits per heavy atom. The van der Waals surface area contributed by atoms with Crippen LogP contribution >= 0.6 is 11.6 Å². The molecule has 0 radical (unpaired) electrons. The number of benzene rings is 2. The molecule has 1 aliphatic rings. The second-order valence-corrected chi connectivity index (χ2v) is 5.27. The first-order valence-electron chi connectivity index (χ1n) is 6.51. The van der Waals surface area contributed by atoms with Crippen LogP contribution in [0.5, 0.6) is 0 Å². The minimum absolute atomic E-state index is 0.482. The van der Waals surface area contributed by atoms with Gasteiger partial charge in [-0.15, -0.1) is 0 Å². The molecule has 2 aromatic carbocycles. The van der Waals surface area contributed by atoms with Gasteiger partial charge in [-0.3, -0.25) is 0 Å². The highest BCUT2D eigenvalue weighted by Gasteiger charge is 2.09. The molecule has 0 bridgehead atoms. The average Bonchev–Trinajstić information content (AvgIpc) is 2.92. The van der Waals surface area contributed by atoms with Crippen LogP contribution in [0.2, 0.25) is 5.02 Å². The van der Waals surface area contributed by atoms with Crippen LogP contribution in [0, 0.1) is 11.3 Å². The smallest absolute Gasteiger partial charge is 0.101 e. The maximum absolute atomic E-state index is 8.85. The Hall–Kier alpha value is -2.02. The Kier molecular flexibility index (Phi) is 3.60. The maximum Gasteiger partial charge on any atom is 0.101 e. The normalized spacial score (nSPS) is 12.8. The molecule has 0 saturated carbocycles. The monoisotopic (exact) mass is 283 g/mol. The molecule has 4 heteroatoms. The molecule has 0 fully saturated rings. The Morgan fingerprint density at radius 1 is 1.15 bits per heavy atom. The summed E-state index contributed by atoms with van der Waals surface area (Å²) in [7, 11) is 0. The Balaban J connectivity index is 1.70. The molecule has 0 aromatic heterocycles. The second kappa shape index (κ2) is 5.54. The van der Waals surface area contributed by atoms with Crippen molar-refractivity contribution in [2.24, 2.45) is 0 Å². The summed E-state index contributed by atoms with van der Waals surface area (Å²) in [5, 5.41) is 16.0. The molecule has 0 unspecified atom stereocenters. The summed E-state index contributed by atoms with van der Waals surface area (Å²) >= 11 is 6.02.